The van der Waals surface area contributed by atoms with Gasteiger partial charge in [0.2, 0.25) is 9.84 Å². The molecule has 0 fully saturated rings. The van der Waals surface area contributed by atoms with Crippen LogP contribution in [-0.4, -0.2) is 27.1 Å². The monoisotopic (exact) mass is 287 g/mol. The lowest BCUT2D eigenvalue weighted by atomic mass is 10.3. The van der Waals surface area contributed by atoms with Gasteiger partial charge in [-0.2, -0.15) is 13.2 Å². The third kappa shape index (κ3) is 4.15. The van der Waals surface area contributed by atoms with Crippen LogP contribution in [0, 0.1) is 5.82 Å². The average molecular weight is 287 g/mol. The zero-order valence-electron chi connectivity index (χ0n) is 8.87. The van der Waals surface area contributed by atoms with Crippen LogP contribution in [0.1, 0.15) is 0 Å². The molecule has 1 aromatic rings. The van der Waals surface area contributed by atoms with Gasteiger partial charge in [0.25, 0.3) is 0 Å². The van der Waals surface area contributed by atoms with Crippen molar-refractivity contribution in [3.05, 3.63) is 24.0 Å². The Labute approximate surface area is 100 Å². The van der Waals surface area contributed by atoms with E-state index in [9.17, 15) is 26.0 Å². The molecular weight excluding hydrogens is 278 g/mol. The summed E-state index contributed by atoms with van der Waals surface area (Å²) in [5, 5.41) is 0. The number of halogens is 4. The smallest absolute Gasteiger partial charge is 0.398 e. The van der Waals surface area contributed by atoms with Crippen molar-refractivity contribution in [1.29, 1.82) is 0 Å². The Morgan fingerprint density at radius 3 is 2.39 bits per heavy atom. The Balaban J connectivity index is 2.81. The molecule has 1 rings (SSSR count). The molecule has 0 radical (unpaired) electrons. The molecule has 0 bridgehead atoms. The van der Waals surface area contributed by atoms with E-state index < -0.39 is 39.3 Å². The molecule has 0 aliphatic rings. The zero-order valence-corrected chi connectivity index (χ0v) is 9.68. The fraction of sp³-hybridized carbons (Fsp3) is 0.333. The van der Waals surface area contributed by atoms with Crippen LogP contribution in [0.25, 0.3) is 0 Å². The minimum atomic E-state index is -4.62. The number of alkyl halides is 3. The summed E-state index contributed by atoms with van der Waals surface area (Å²) in [7, 11) is -4.14. The standard InChI is InChI=1S/C9H9F4NO3S/c10-6-1-2-8(7(14)3-6)18(15,16)5-17-4-9(11,12)13/h1-3H,4-5,14H2. The molecule has 0 saturated heterocycles. The lowest BCUT2D eigenvalue weighted by Gasteiger charge is -2.09. The van der Waals surface area contributed by atoms with Crippen molar-refractivity contribution >= 4 is 15.5 Å². The number of rotatable bonds is 4. The first-order chi connectivity index (χ1) is 8.12. The first kappa shape index (κ1) is 14.7. The molecule has 0 heterocycles. The van der Waals surface area contributed by atoms with Gasteiger partial charge in [0, 0.05) is 0 Å². The van der Waals surface area contributed by atoms with E-state index in [0.29, 0.717) is 0 Å². The molecule has 0 atom stereocenters. The van der Waals surface area contributed by atoms with Crippen LogP contribution < -0.4 is 5.73 Å². The Bertz CT molecular complexity index is 527. The number of sulfone groups is 1. The van der Waals surface area contributed by atoms with Gasteiger partial charge in [-0.3, -0.25) is 0 Å². The van der Waals surface area contributed by atoms with Gasteiger partial charge >= 0.3 is 6.18 Å². The molecule has 0 saturated carbocycles. The summed E-state index contributed by atoms with van der Waals surface area (Å²) < 4.78 is 75.2. The number of benzene rings is 1. The van der Waals surface area contributed by atoms with E-state index >= 15 is 0 Å². The molecule has 0 spiro atoms. The lowest BCUT2D eigenvalue weighted by molar-refractivity contribution is -0.169. The zero-order chi connectivity index (χ0) is 14.0. The van der Waals surface area contributed by atoms with Gasteiger partial charge in [-0.1, -0.05) is 0 Å². The predicted molar refractivity (Wildman–Crippen MR) is 54.9 cm³/mol. The van der Waals surface area contributed by atoms with E-state index in [4.69, 9.17) is 5.73 Å². The molecule has 2 N–H and O–H groups in total. The fourth-order valence-electron chi connectivity index (χ4n) is 1.13. The third-order valence-electron chi connectivity index (χ3n) is 1.81. The molecule has 102 valence electrons. The Morgan fingerprint density at radius 1 is 1.28 bits per heavy atom. The summed E-state index contributed by atoms with van der Waals surface area (Å²) in [4.78, 5) is -0.467. The summed E-state index contributed by atoms with van der Waals surface area (Å²) in [6.45, 7) is -1.69. The van der Waals surface area contributed by atoms with Gasteiger partial charge < -0.3 is 10.5 Å². The number of hydrogen-bond donors (Lipinski definition) is 1. The molecule has 4 nitrogen and oxygen atoms in total. The van der Waals surface area contributed by atoms with Crippen molar-refractivity contribution in [2.45, 2.75) is 11.1 Å². The maximum Gasteiger partial charge on any atom is 0.411 e. The van der Waals surface area contributed by atoms with E-state index in [1.165, 1.54) is 0 Å². The highest BCUT2D eigenvalue weighted by molar-refractivity contribution is 7.91. The minimum absolute atomic E-state index is 0.384. The minimum Gasteiger partial charge on any atom is -0.398 e. The van der Waals surface area contributed by atoms with Gasteiger partial charge in [-0.05, 0) is 18.2 Å². The quantitative estimate of drug-likeness (QED) is 0.520. The predicted octanol–water partition coefficient (Wildman–Crippen LogP) is 1.72. The molecule has 0 aliphatic heterocycles. The summed E-state index contributed by atoms with van der Waals surface area (Å²) in [6, 6.07) is 2.47. The molecular formula is C9H9F4NO3S. The van der Waals surface area contributed by atoms with Gasteiger partial charge in [0.1, 0.15) is 12.4 Å². The van der Waals surface area contributed by atoms with Gasteiger partial charge in [0.05, 0.1) is 10.6 Å². The van der Waals surface area contributed by atoms with Crippen LogP contribution in [0.2, 0.25) is 0 Å². The van der Waals surface area contributed by atoms with Gasteiger partial charge in [0.15, 0.2) is 5.94 Å². The maximum atomic E-state index is 12.7. The Kier molecular flexibility index (Phi) is 4.17. The molecule has 0 unspecified atom stereocenters. The Morgan fingerprint density at radius 2 is 1.89 bits per heavy atom. The average Bonchev–Trinajstić information content (AvgIpc) is 2.13. The second kappa shape index (κ2) is 5.11. The van der Waals surface area contributed by atoms with Crippen LogP contribution in [0.15, 0.2) is 23.1 Å². The molecule has 0 amide bonds. The van der Waals surface area contributed by atoms with Crippen molar-refractivity contribution in [2.75, 3.05) is 18.3 Å². The lowest BCUT2D eigenvalue weighted by Crippen LogP contribution is -2.21. The summed E-state index contributed by atoms with van der Waals surface area (Å²) in [5.74, 6) is -1.93. The van der Waals surface area contributed by atoms with E-state index in [1.54, 1.807) is 0 Å². The van der Waals surface area contributed by atoms with Crippen LogP contribution >= 0.6 is 0 Å². The largest absolute Gasteiger partial charge is 0.411 e. The number of hydrogen-bond acceptors (Lipinski definition) is 4. The molecule has 0 aliphatic carbocycles. The van der Waals surface area contributed by atoms with E-state index in [0.717, 1.165) is 18.2 Å². The molecule has 1 aromatic carbocycles. The molecule has 0 aromatic heterocycles. The number of nitrogens with two attached hydrogens (primary N) is 1. The van der Waals surface area contributed by atoms with E-state index in [2.05, 4.69) is 4.74 Å². The van der Waals surface area contributed by atoms with Crippen molar-refractivity contribution in [3.63, 3.8) is 0 Å². The first-order valence-corrected chi connectivity index (χ1v) is 6.19. The summed E-state index contributed by atoms with van der Waals surface area (Å²) in [5.41, 5.74) is 4.88. The topological polar surface area (TPSA) is 69.4 Å². The van der Waals surface area contributed by atoms with Crippen LogP contribution in [-0.2, 0) is 14.6 Å². The number of nitrogen functional groups attached to an aromatic ring is 1. The summed E-state index contributed by atoms with van der Waals surface area (Å²) in [6.07, 6.45) is -4.62. The fourth-order valence-corrected chi connectivity index (χ4v) is 2.26. The SMILES string of the molecule is Nc1cc(F)ccc1S(=O)(=O)COCC(F)(F)F. The normalized spacial score (nSPS) is 12.7. The number of anilines is 1. The summed E-state index contributed by atoms with van der Waals surface area (Å²) >= 11 is 0. The van der Waals surface area contributed by atoms with Crippen molar-refractivity contribution in [3.8, 4) is 0 Å². The highest BCUT2D eigenvalue weighted by Crippen LogP contribution is 2.21. The van der Waals surface area contributed by atoms with E-state index in [1.807, 2.05) is 0 Å². The maximum absolute atomic E-state index is 12.7. The molecule has 9 heteroatoms. The third-order valence-corrected chi connectivity index (χ3v) is 3.33. The van der Waals surface area contributed by atoms with Crippen LogP contribution in [0.3, 0.4) is 0 Å². The van der Waals surface area contributed by atoms with Crippen LogP contribution in [0.5, 0.6) is 0 Å². The first-order valence-electron chi connectivity index (χ1n) is 4.54. The van der Waals surface area contributed by atoms with Crippen molar-refractivity contribution in [2.24, 2.45) is 0 Å². The van der Waals surface area contributed by atoms with Crippen molar-refractivity contribution < 1.29 is 30.7 Å². The number of ether oxygens (including phenoxy) is 1. The van der Waals surface area contributed by atoms with E-state index in [-0.39, 0.29) is 5.69 Å². The van der Waals surface area contributed by atoms with Crippen molar-refractivity contribution in [1.82, 2.24) is 0 Å². The van der Waals surface area contributed by atoms with Gasteiger partial charge in [-0.15, -0.1) is 0 Å². The highest BCUT2D eigenvalue weighted by atomic mass is 32.2. The van der Waals surface area contributed by atoms with Crippen LogP contribution in [0.4, 0.5) is 23.2 Å². The second-order valence-electron chi connectivity index (χ2n) is 3.38. The second-order valence-corrected chi connectivity index (χ2v) is 5.28. The van der Waals surface area contributed by atoms with Gasteiger partial charge in [-0.25, -0.2) is 12.8 Å². The Hall–Kier alpha value is -1.35. The highest BCUT2D eigenvalue weighted by Gasteiger charge is 2.29. The molecule has 18 heavy (non-hydrogen) atoms.